The molecule has 2 N–H and O–H groups in total. The summed E-state index contributed by atoms with van der Waals surface area (Å²) in [5, 5.41) is 10.8. The summed E-state index contributed by atoms with van der Waals surface area (Å²) in [5.74, 6) is -0.717. The van der Waals surface area contributed by atoms with Gasteiger partial charge in [-0.25, -0.2) is 9.78 Å². The number of nitrogens with one attached hydrogen (secondary N) is 1. The number of aromatic nitrogens is 1. The number of pyridine rings is 1. The minimum atomic E-state index is -1.05. The third-order valence-corrected chi connectivity index (χ3v) is 1.44. The summed E-state index contributed by atoms with van der Waals surface area (Å²) in [6.07, 6.45) is 4.33. The number of hydrogen-bond acceptors (Lipinski definition) is 3. The van der Waals surface area contributed by atoms with Gasteiger partial charge in [0.25, 0.3) is 0 Å². The summed E-state index contributed by atoms with van der Waals surface area (Å²) in [4.78, 5) is 24.3. The predicted molar refractivity (Wildman–Crippen MR) is 50.6 cm³/mol. The Morgan fingerprint density at radius 1 is 1.57 bits per heavy atom. The van der Waals surface area contributed by atoms with Gasteiger partial charge in [0, 0.05) is 17.8 Å². The highest BCUT2D eigenvalue weighted by Gasteiger charge is 1.98. The smallest absolute Gasteiger partial charge is 0.328 e. The van der Waals surface area contributed by atoms with Crippen molar-refractivity contribution >= 4 is 24.3 Å². The average Bonchev–Trinajstić information content (AvgIpc) is 2.17. The molecule has 0 fully saturated rings. The zero-order valence-electron chi connectivity index (χ0n) is 7.18. The Morgan fingerprint density at radius 3 is 3.00 bits per heavy atom. The first-order valence-corrected chi connectivity index (χ1v) is 3.80. The Hall–Kier alpha value is -2.17. The number of carbonyl (C=O) groups excluding carboxylic acids is 1. The lowest BCUT2D eigenvalue weighted by molar-refractivity contribution is -0.131. The van der Waals surface area contributed by atoms with Crippen LogP contribution in [0.15, 0.2) is 24.4 Å². The van der Waals surface area contributed by atoms with Crippen LogP contribution in [0.4, 0.5) is 5.82 Å². The summed E-state index contributed by atoms with van der Waals surface area (Å²) in [5.41, 5.74) is 0.544. The van der Waals surface area contributed by atoms with Crippen molar-refractivity contribution < 1.29 is 14.7 Å². The molecule has 5 nitrogen and oxygen atoms in total. The van der Waals surface area contributed by atoms with Gasteiger partial charge in [-0.15, -0.1) is 0 Å². The first-order chi connectivity index (χ1) is 6.74. The molecule has 1 aromatic heterocycles. The third kappa shape index (κ3) is 2.71. The van der Waals surface area contributed by atoms with Crippen LogP contribution < -0.4 is 5.32 Å². The van der Waals surface area contributed by atoms with Gasteiger partial charge in [-0.1, -0.05) is 0 Å². The number of carboxylic acids is 1. The fraction of sp³-hybridized carbons (Fsp3) is 0. The highest BCUT2D eigenvalue weighted by molar-refractivity contribution is 5.87. The maximum Gasteiger partial charge on any atom is 0.328 e. The zero-order chi connectivity index (χ0) is 10.4. The number of aliphatic carboxylic acids is 1. The molecular weight excluding hydrogens is 184 g/mol. The third-order valence-electron chi connectivity index (χ3n) is 1.44. The van der Waals surface area contributed by atoms with E-state index in [4.69, 9.17) is 5.11 Å². The topological polar surface area (TPSA) is 79.3 Å². The molecule has 1 rings (SSSR count). The van der Waals surface area contributed by atoms with E-state index in [1.165, 1.54) is 12.3 Å². The highest BCUT2D eigenvalue weighted by Crippen LogP contribution is 2.11. The number of nitrogens with zero attached hydrogens (tertiary/aromatic N) is 1. The van der Waals surface area contributed by atoms with Gasteiger partial charge in [-0.05, 0) is 18.2 Å². The summed E-state index contributed by atoms with van der Waals surface area (Å²) in [6, 6.07) is 3.30. The lowest BCUT2D eigenvalue weighted by Crippen LogP contribution is -1.98. The van der Waals surface area contributed by atoms with Crippen molar-refractivity contribution in [3.63, 3.8) is 0 Å². The number of carbonyl (C=O) groups is 2. The number of hydrogen-bond donors (Lipinski definition) is 2. The largest absolute Gasteiger partial charge is 0.478 e. The van der Waals surface area contributed by atoms with Crippen LogP contribution in [0.25, 0.3) is 6.08 Å². The normalized spacial score (nSPS) is 10.0. The molecule has 1 heterocycles. The van der Waals surface area contributed by atoms with Crippen LogP contribution in [-0.4, -0.2) is 22.5 Å². The molecule has 0 radical (unpaired) electrons. The average molecular weight is 192 g/mol. The number of anilines is 1. The van der Waals surface area contributed by atoms with Crippen LogP contribution in [0.5, 0.6) is 0 Å². The molecule has 1 aromatic rings. The van der Waals surface area contributed by atoms with E-state index in [-0.39, 0.29) is 0 Å². The first-order valence-electron chi connectivity index (χ1n) is 3.80. The van der Waals surface area contributed by atoms with E-state index in [1.807, 2.05) is 0 Å². The van der Waals surface area contributed by atoms with E-state index >= 15 is 0 Å². The molecule has 0 saturated carbocycles. The molecule has 72 valence electrons. The van der Waals surface area contributed by atoms with Crippen LogP contribution in [-0.2, 0) is 9.59 Å². The Labute approximate surface area is 80.1 Å². The molecule has 0 aliphatic heterocycles. The van der Waals surface area contributed by atoms with Crippen molar-refractivity contribution in [1.82, 2.24) is 4.98 Å². The maximum absolute atomic E-state index is 10.2. The van der Waals surface area contributed by atoms with Crippen LogP contribution >= 0.6 is 0 Å². The minimum absolute atomic E-state index is 0.333. The fourth-order valence-corrected chi connectivity index (χ4v) is 0.890. The van der Waals surface area contributed by atoms with Gasteiger partial charge in [0.2, 0.25) is 6.41 Å². The van der Waals surface area contributed by atoms with Crippen molar-refractivity contribution in [3.05, 3.63) is 30.0 Å². The van der Waals surface area contributed by atoms with Crippen molar-refractivity contribution in [2.75, 3.05) is 5.32 Å². The lowest BCUT2D eigenvalue weighted by atomic mass is 10.2. The van der Waals surface area contributed by atoms with Crippen molar-refractivity contribution in [2.45, 2.75) is 0 Å². The van der Waals surface area contributed by atoms with E-state index in [2.05, 4.69) is 10.3 Å². The van der Waals surface area contributed by atoms with Crippen LogP contribution in [0, 0.1) is 0 Å². The standard InChI is InChI=1S/C9H8N2O3/c12-6-11-9-7(2-1-5-10-9)3-4-8(13)14/h1-6H,(H,13,14)(H,10,11,12)/b4-3+. The van der Waals surface area contributed by atoms with Crippen LogP contribution in [0.3, 0.4) is 0 Å². The van der Waals surface area contributed by atoms with E-state index in [0.717, 1.165) is 6.08 Å². The molecule has 0 saturated heterocycles. The number of amides is 1. The van der Waals surface area contributed by atoms with E-state index < -0.39 is 5.97 Å². The summed E-state index contributed by atoms with van der Waals surface area (Å²) in [6.45, 7) is 0. The first kappa shape index (κ1) is 9.91. The Bertz CT molecular complexity index is 374. The number of carboxylic acid groups (broad SMARTS) is 1. The van der Waals surface area contributed by atoms with Gasteiger partial charge in [0.1, 0.15) is 5.82 Å². The monoisotopic (exact) mass is 192 g/mol. The quantitative estimate of drug-likeness (QED) is 0.545. The van der Waals surface area contributed by atoms with Crippen molar-refractivity contribution in [1.29, 1.82) is 0 Å². The molecule has 0 aromatic carbocycles. The molecule has 14 heavy (non-hydrogen) atoms. The van der Waals surface area contributed by atoms with Crippen molar-refractivity contribution in [3.8, 4) is 0 Å². The van der Waals surface area contributed by atoms with Gasteiger partial charge in [0.05, 0.1) is 0 Å². The summed E-state index contributed by atoms with van der Waals surface area (Å²) >= 11 is 0. The van der Waals surface area contributed by atoms with Gasteiger partial charge in [-0.2, -0.15) is 0 Å². The fourth-order valence-electron chi connectivity index (χ4n) is 0.890. The molecule has 0 spiro atoms. The van der Waals surface area contributed by atoms with Crippen molar-refractivity contribution in [2.24, 2.45) is 0 Å². The molecule has 0 aliphatic rings. The lowest BCUT2D eigenvalue weighted by Gasteiger charge is -2.00. The second-order valence-corrected chi connectivity index (χ2v) is 2.37. The highest BCUT2D eigenvalue weighted by atomic mass is 16.4. The van der Waals surface area contributed by atoms with E-state index in [1.54, 1.807) is 12.1 Å². The zero-order valence-corrected chi connectivity index (χ0v) is 7.18. The molecule has 5 heteroatoms. The van der Waals surface area contributed by atoms with Crippen LogP contribution in [0.2, 0.25) is 0 Å². The van der Waals surface area contributed by atoms with Gasteiger partial charge in [-0.3, -0.25) is 4.79 Å². The molecule has 0 unspecified atom stereocenters. The van der Waals surface area contributed by atoms with Gasteiger partial charge >= 0.3 is 5.97 Å². The van der Waals surface area contributed by atoms with E-state index in [9.17, 15) is 9.59 Å². The van der Waals surface area contributed by atoms with Crippen LogP contribution in [0.1, 0.15) is 5.56 Å². The van der Waals surface area contributed by atoms with Gasteiger partial charge in [0.15, 0.2) is 0 Å². The Balaban J connectivity index is 2.94. The molecule has 0 aliphatic carbocycles. The second kappa shape index (κ2) is 4.76. The molecular formula is C9H8N2O3. The van der Waals surface area contributed by atoms with Gasteiger partial charge < -0.3 is 10.4 Å². The molecule has 0 bridgehead atoms. The summed E-state index contributed by atoms with van der Waals surface area (Å²) in [7, 11) is 0. The SMILES string of the molecule is O=CNc1ncccc1/C=C/C(=O)O. The Morgan fingerprint density at radius 2 is 2.36 bits per heavy atom. The van der Waals surface area contributed by atoms with E-state index in [0.29, 0.717) is 17.8 Å². The summed E-state index contributed by atoms with van der Waals surface area (Å²) < 4.78 is 0. The Kier molecular flexibility index (Phi) is 3.37. The second-order valence-electron chi connectivity index (χ2n) is 2.37. The molecule has 1 amide bonds. The minimum Gasteiger partial charge on any atom is -0.478 e. The number of rotatable bonds is 4. The molecule has 0 atom stereocenters. The predicted octanol–water partition coefficient (Wildman–Crippen LogP) is 0.748. The maximum atomic E-state index is 10.2.